The van der Waals surface area contributed by atoms with Crippen LogP contribution in [0.3, 0.4) is 0 Å². The number of rotatable bonds is 4. The average molecular weight is 305 g/mol. The Labute approximate surface area is 139 Å². The number of hydrogen-bond acceptors (Lipinski definition) is 3. The van der Waals surface area contributed by atoms with Gasteiger partial charge in [0, 0.05) is 12.2 Å². The summed E-state index contributed by atoms with van der Waals surface area (Å²) < 4.78 is 43.2. The van der Waals surface area contributed by atoms with Gasteiger partial charge in [0.2, 0.25) is 0 Å². The van der Waals surface area contributed by atoms with E-state index >= 15 is 0 Å². The van der Waals surface area contributed by atoms with Gasteiger partial charge in [-0.05, 0) is 42.0 Å². The second-order valence-electron chi connectivity index (χ2n) is 3.98. The van der Waals surface area contributed by atoms with Gasteiger partial charge in [0.15, 0.2) is 0 Å². The van der Waals surface area contributed by atoms with Gasteiger partial charge in [-0.15, -0.1) is 0 Å². The third kappa shape index (κ3) is 4.88. The molecule has 0 unspecified atom stereocenters. The Hall–Kier alpha value is -0.920. The van der Waals surface area contributed by atoms with Crippen molar-refractivity contribution in [3.05, 3.63) is 59.9 Å². The van der Waals surface area contributed by atoms with Crippen molar-refractivity contribution in [2.45, 2.75) is 11.4 Å². The first-order valence-electron chi connectivity index (χ1n) is 5.51. The van der Waals surface area contributed by atoms with E-state index in [2.05, 4.69) is 5.32 Å². The van der Waals surface area contributed by atoms with Gasteiger partial charge in [-0.25, -0.2) is 4.39 Å². The van der Waals surface area contributed by atoms with E-state index in [-0.39, 0.29) is 40.3 Å². The van der Waals surface area contributed by atoms with E-state index in [9.17, 15) is 12.8 Å². The molecule has 0 spiro atoms. The van der Waals surface area contributed by atoms with Crippen LogP contribution >= 0.6 is 0 Å². The summed E-state index contributed by atoms with van der Waals surface area (Å²) in [5.41, 5.74) is 1.61. The SMILES string of the molecule is O=S(=O)(O)c1ccc(NCc2ccc(F)cc2)cc1.[NaH]. The molecule has 102 valence electrons. The van der Waals surface area contributed by atoms with E-state index in [1.165, 1.54) is 24.3 Å². The molecule has 2 N–H and O–H groups in total. The van der Waals surface area contributed by atoms with Gasteiger partial charge in [-0.1, -0.05) is 12.1 Å². The second kappa shape index (κ2) is 7.19. The first-order valence-corrected chi connectivity index (χ1v) is 6.95. The molecule has 0 heterocycles. The fraction of sp³-hybridized carbons (Fsp3) is 0.0769. The van der Waals surface area contributed by atoms with E-state index in [4.69, 9.17) is 4.55 Å². The van der Waals surface area contributed by atoms with E-state index < -0.39 is 10.1 Å². The molecule has 20 heavy (non-hydrogen) atoms. The molecule has 2 aromatic carbocycles. The van der Waals surface area contributed by atoms with Crippen LogP contribution in [0.2, 0.25) is 0 Å². The zero-order valence-electron chi connectivity index (χ0n) is 9.88. The molecule has 0 aliphatic heterocycles. The van der Waals surface area contributed by atoms with Gasteiger partial charge in [0.25, 0.3) is 10.1 Å². The van der Waals surface area contributed by atoms with Crippen molar-refractivity contribution in [1.29, 1.82) is 0 Å². The van der Waals surface area contributed by atoms with Crippen molar-refractivity contribution >= 4 is 45.4 Å². The van der Waals surface area contributed by atoms with Crippen molar-refractivity contribution in [2.75, 3.05) is 5.32 Å². The number of halogens is 1. The number of benzene rings is 2. The van der Waals surface area contributed by atoms with Crippen molar-refractivity contribution in [1.82, 2.24) is 0 Å². The van der Waals surface area contributed by atoms with E-state index in [0.717, 1.165) is 5.56 Å². The molecule has 7 heteroatoms. The third-order valence-electron chi connectivity index (χ3n) is 2.56. The summed E-state index contributed by atoms with van der Waals surface area (Å²) in [7, 11) is -4.16. The summed E-state index contributed by atoms with van der Waals surface area (Å²) >= 11 is 0. The predicted octanol–water partition coefficient (Wildman–Crippen LogP) is 2.04. The van der Waals surface area contributed by atoms with Crippen molar-refractivity contribution in [3.8, 4) is 0 Å². The van der Waals surface area contributed by atoms with Crippen LogP contribution in [-0.2, 0) is 16.7 Å². The van der Waals surface area contributed by atoms with Gasteiger partial charge >= 0.3 is 29.6 Å². The van der Waals surface area contributed by atoms with E-state index in [1.807, 2.05) is 0 Å². The fourth-order valence-corrected chi connectivity index (χ4v) is 2.03. The van der Waals surface area contributed by atoms with Crippen LogP contribution in [0.15, 0.2) is 53.4 Å². The molecule has 0 fully saturated rings. The summed E-state index contributed by atoms with van der Waals surface area (Å²) in [5, 5.41) is 3.06. The van der Waals surface area contributed by atoms with Gasteiger partial charge in [0.1, 0.15) is 5.82 Å². The Bertz CT molecular complexity index is 657. The molecule has 0 bridgehead atoms. The maximum atomic E-state index is 12.7. The second-order valence-corrected chi connectivity index (χ2v) is 5.40. The molecule has 0 atom stereocenters. The summed E-state index contributed by atoms with van der Waals surface area (Å²) in [6.07, 6.45) is 0. The Morgan fingerprint density at radius 3 is 2.05 bits per heavy atom. The minimum atomic E-state index is -4.16. The van der Waals surface area contributed by atoms with Crippen LogP contribution < -0.4 is 5.32 Å². The van der Waals surface area contributed by atoms with Crippen LogP contribution in [-0.4, -0.2) is 42.5 Å². The number of anilines is 1. The van der Waals surface area contributed by atoms with Crippen molar-refractivity contribution in [2.24, 2.45) is 0 Å². The molecule has 2 aromatic rings. The summed E-state index contributed by atoms with van der Waals surface area (Å²) in [6, 6.07) is 11.8. The molecule has 0 saturated carbocycles. The molecular weight excluding hydrogens is 292 g/mol. The fourth-order valence-electron chi connectivity index (χ4n) is 1.55. The Morgan fingerprint density at radius 1 is 1.00 bits per heavy atom. The van der Waals surface area contributed by atoms with Gasteiger partial charge in [-0.2, -0.15) is 8.42 Å². The molecule has 4 nitrogen and oxygen atoms in total. The monoisotopic (exact) mass is 305 g/mol. The van der Waals surface area contributed by atoms with Crippen molar-refractivity contribution < 1.29 is 17.4 Å². The van der Waals surface area contributed by atoms with Gasteiger partial charge in [0.05, 0.1) is 4.90 Å². The summed E-state index contributed by atoms with van der Waals surface area (Å²) in [5.74, 6) is -0.291. The summed E-state index contributed by atoms with van der Waals surface area (Å²) in [6.45, 7) is 0.492. The minimum absolute atomic E-state index is 0. The third-order valence-corrected chi connectivity index (χ3v) is 3.43. The van der Waals surface area contributed by atoms with Crippen molar-refractivity contribution in [3.63, 3.8) is 0 Å². The Kier molecular flexibility index (Phi) is 6.16. The average Bonchev–Trinajstić information content (AvgIpc) is 2.37. The first kappa shape index (κ1) is 17.1. The molecule has 0 aliphatic rings. The zero-order valence-corrected chi connectivity index (χ0v) is 10.7. The topological polar surface area (TPSA) is 66.4 Å². The first-order chi connectivity index (χ1) is 8.95. The van der Waals surface area contributed by atoms with Crippen LogP contribution in [0.5, 0.6) is 0 Å². The molecule has 0 saturated heterocycles. The predicted molar refractivity (Wildman–Crippen MR) is 77.1 cm³/mol. The number of hydrogen-bond donors (Lipinski definition) is 2. The molecule has 2 rings (SSSR count). The van der Waals surface area contributed by atoms with Gasteiger partial charge in [-0.3, -0.25) is 4.55 Å². The van der Waals surface area contributed by atoms with E-state index in [0.29, 0.717) is 12.2 Å². The van der Waals surface area contributed by atoms with Crippen LogP contribution in [0.25, 0.3) is 0 Å². The molecule has 0 radical (unpaired) electrons. The van der Waals surface area contributed by atoms with Crippen LogP contribution in [0.1, 0.15) is 5.56 Å². The normalized spacial score (nSPS) is 10.7. The van der Waals surface area contributed by atoms with Crippen LogP contribution in [0.4, 0.5) is 10.1 Å². The Morgan fingerprint density at radius 2 is 1.55 bits per heavy atom. The van der Waals surface area contributed by atoms with Gasteiger partial charge < -0.3 is 5.32 Å². The molecule has 0 aliphatic carbocycles. The summed E-state index contributed by atoms with van der Waals surface area (Å²) in [4.78, 5) is -0.153. The quantitative estimate of drug-likeness (QED) is 0.670. The molecule has 0 aromatic heterocycles. The van der Waals surface area contributed by atoms with E-state index in [1.54, 1.807) is 24.3 Å². The Balaban J connectivity index is 0.00000200. The maximum absolute atomic E-state index is 12.7. The standard InChI is InChI=1S/C13H12FNO3S.Na.H/c14-11-3-1-10(2-4-11)9-15-12-5-7-13(8-6-12)19(16,17)18;;/h1-8,15H,9H2,(H,16,17,18);;. The number of nitrogens with one attached hydrogen (secondary N) is 1. The molecular formula is C13H13FNNaO3S. The zero-order chi connectivity index (χ0) is 13.9. The van der Waals surface area contributed by atoms with Crippen LogP contribution in [0, 0.1) is 5.82 Å². The molecule has 0 amide bonds.